The highest BCUT2D eigenvalue weighted by molar-refractivity contribution is 6.60. The second-order valence-electron chi connectivity index (χ2n) is 7.42. The Balaban J connectivity index is 2.02. The Morgan fingerprint density at radius 2 is 1.52 bits per heavy atom. The van der Waals surface area contributed by atoms with Crippen LogP contribution in [0.2, 0.25) is 0 Å². The lowest BCUT2D eigenvalue weighted by molar-refractivity contribution is -0.0982. The van der Waals surface area contributed by atoms with Gasteiger partial charge in [0.05, 0.1) is 11.2 Å². The number of likely N-dealkylation sites (N-methyl/N-ethyl adjacent to an activating group) is 1. The number of anilines is 1. The van der Waals surface area contributed by atoms with E-state index in [2.05, 4.69) is 16.8 Å². The van der Waals surface area contributed by atoms with E-state index in [1.54, 1.807) is 27.7 Å². The van der Waals surface area contributed by atoms with Gasteiger partial charge in [0, 0.05) is 31.9 Å². The topological polar surface area (TPSA) is 56.2 Å². The summed E-state index contributed by atoms with van der Waals surface area (Å²) in [6.45, 7) is 11.1. The maximum absolute atomic E-state index is 10.3. The van der Waals surface area contributed by atoms with E-state index in [1.165, 1.54) is 0 Å². The summed E-state index contributed by atoms with van der Waals surface area (Å²) < 4.78 is 5.67. The van der Waals surface area contributed by atoms with Crippen LogP contribution < -0.4 is 10.4 Å². The Morgan fingerprint density at radius 1 is 1.00 bits per heavy atom. The lowest BCUT2D eigenvalue weighted by atomic mass is 9.76. The molecule has 0 unspecified atom stereocenters. The van der Waals surface area contributed by atoms with Gasteiger partial charge in [-0.3, -0.25) is 0 Å². The van der Waals surface area contributed by atoms with E-state index in [-0.39, 0.29) is 0 Å². The van der Waals surface area contributed by atoms with Crippen molar-refractivity contribution in [3.05, 3.63) is 24.3 Å². The van der Waals surface area contributed by atoms with E-state index in [4.69, 9.17) is 4.65 Å². The van der Waals surface area contributed by atoms with Crippen LogP contribution in [0.3, 0.4) is 0 Å². The van der Waals surface area contributed by atoms with Gasteiger partial charge in [-0.2, -0.15) is 0 Å². The first-order chi connectivity index (χ1) is 10.6. The van der Waals surface area contributed by atoms with Crippen LogP contribution in [-0.4, -0.2) is 66.6 Å². The Hall–Kier alpha value is -1.08. The van der Waals surface area contributed by atoms with E-state index in [0.717, 1.165) is 31.9 Å². The third kappa shape index (κ3) is 4.47. The third-order valence-electron chi connectivity index (χ3n) is 4.93. The van der Waals surface area contributed by atoms with Crippen molar-refractivity contribution in [2.24, 2.45) is 0 Å². The predicted octanol–water partition coefficient (Wildman–Crippen LogP) is 0.692. The van der Waals surface area contributed by atoms with E-state index in [9.17, 15) is 10.1 Å². The van der Waals surface area contributed by atoms with E-state index in [0.29, 0.717) is 5.46 Å². The molecule has 1 aromatic carbocycles. The molecule has 0 bridgehead atoms. The molecule has 5 nitrogen and oxygen atoms in total. The number of hydrogen-bond donors (Lipinski definition) is 2. The molecule has 2 N–H and O–H groups in total. The van der Waals surface area contributed by atoms with E-state index >= 15 is 0 Å². The molecule has 23 heavy (non-hydrogen) atoms. The van der Waals surface area contributed by atoms with Gasteiger partial charge >= 0.3 is 7.12 Å². The summed E-state index contributed by atoms with van der Waals surface area (Å²) in [4.78, 5) is 4.67. The summed E-state index contributed by atoms with van der Waals surface area (Å²) >= 11 is 0. The van der Waals surface area contributed by atoms with E-state index < -0.39 is 18.3 Å². The van der Waals surface area contributed by atoms with Crippen molar-refractivity contribution in [1.29, 1.82) is 0 Å². The Morgan fingerprint density at radius 3 is 2.00 bits per heavy atom. The molecule has 1 fully saturated rings. The van der Waals surface area contributed by atoms with Crippen molar-refractivity contribution in [2.75, 3.05) is 38.1 Å². The monoisotopic (exact) mass is 320 g/mol. The maximum atomic E-state index is 10.3. The number of rotatable bonds is 5. The van der Waals surface area contributed by atoms with Crippen LogP contribution in [0.4, 0.5) is 5.69 Å². The average Bonchev–Trinajstić information content (AvgIpc) is 2.46. The molecule has 1 saturated heterocycles. The summed E-state index contributed by atoms with van der Waals surface area (Å²) in [5, 5.41) is 20.4. The quantitative estimate of drug-likeness (QED) is 0.782. The van der Waals surface area contributed by atoms with Crippen molar-refractivity contribution in [3.63, 3.8) is 0 Å². The van der Waals surface area contributed by atoms with Crippen LogP contribution in [0.15, 0.2) is 24.3 Å². The minimum absolute atomic E-state index is 0.695. The van der Waals surface area contributed by atoms with Gasteiger partial charge < -0.3 is 24.6 Å². The molecule has 128 valence electrons. The molecule has 1 heterocycles. The van der Waals surface area contributed by atoms with Crippen LogP contribution in [0, 0.1) is 0 Å². The number of piperazine rings is 1. The molecule has 2 rings (SSSR count). The Kier molecular flexibility index (Phi) is 5.41. The number of hydrogen-bond acceptors (Lipinski definition) is 5. The number of benzene rings is 1. The molecule has 0 radical (unpaired) electrons. The molecule has 0 aliphatic carbocycles. The van der Waals surface area contributed by atoms with Gasteiger partial charge in [-0.25, -0.2) is 0 Å². The van der Waals surface area contributed by atoms with E-state index in [1.807, 2.05) is 24.3 Å². The zero-order valence-corrected chi connectivity index (χ0v) is 14.9. The summed E-state index contributed by atoms with van der Waals surface area (Å²) in [5.41, 5.74) is -0.0490. The van der Waals surface area contributed by atoms with Gasteiger partial charge in [0.25, 0.3) is 0 Å². The minimum atomic E-state index is -1.06. The standard InChI is InChI=1S/C17H29BN2O3/c1-16(2,21)17(3,4)23-18(22)14-6-8-15(9-7-14)20-12-10-19(5)11-13-20/h6-9,21-22H,10-13H2,1-5H3. The van der Waals surface area contributed by atoms with Crippen molar-refractivity contribution in [2.45, 2.75) is 38.9 Å². The fourth-order valence-corrected chi connectivity index (χ4v) is 2.41. The predicted molar refractivity (Wildman–Crippen MR) is 95.2 cm³/mol. The Bertz CT molecular complexity index is 506. The normalized spacial score (nSPS) is 17.4. The molecule has 0 aromatic heterocycles. The highest BCUT2D eigenvalue weighted by atomic mass is 16.5. The Labute approximate surface area is 140 Å². The minimum Gasteiger partial charge on any atom is -0.423 e. The fourth-order valence-electron chi connectivity index (χ4n) is 2.41. The van der Waals surface area contributed by atoms with Gasteiger partial charge in [0.2, 0.25) is 0 Å². The number of aliphatic hydroxyl groups is 1. The van der Waals surface area contributed by atoms with Crippen LogP contribution in [-0.2, 0) is 4.65 Å². The zero-order chi connectivity index (χ0) is 17.3. The average molecular weight is 320 g/mol. The first kappa shape index (κ1) is 18.3. The van der Waals surface area contributed by atoms with Gasteiger partial charge in [-0.15, -0.1) is 0 Å². The van der Waals surface area contributed by atoms with Crippen molar-refractivity contribution < 1.29 is 14.8 Å². The molecule has 1 aliphatic heterocycles. The SMILES string of the molecule is CN1CCN(c2ccc(B(O)OC(C)(C)C(C)(C)O)cc2)CC1. The van der Waals surface area contributed by atoms with Crippen LogP contribution in [0.1, 0.15) is 27.7 Å². The van der Waals surface area contributed by atoms with Gasteiger partial charge in [-0.05, 0) is 52.3 Å². The first-order valence-corrected chi connectivity index (χ1v) is 8.22. The van der Waals surface area contributed by atoms with Crippen LogP contribution in [0.25, 0.3) is 0 Å². The highest BCUT2D eigenvalue weighted by Gasteiger charge is 2.39. The van der Waals surface area contributed by atoms with Crippen LogP contribution in [0.5, 0.6) is 0 Å². The second kappa shape index (κ2) is 6.81. The summed E-state index contributed by atoms with van der Waals surface area (Å²) in [6.07, 6.45) is 0. The molecular weight excluding hydrogens is 291 g/mol. The van der Waals surface area contributed by atoms with Crippen LogP contribution >= 0.6 is 0 Å². The smallest absolute Gasteiger partial charge is 0.423 e. The molecule has 1 aliphatic rings. The zero-order valence-electron chi connectivity index (χ0n) is 14.9. The number of nitrogens with zero attached hydrogens (tertiary/aromatic N) is 2. The molecular formula is C17H29BN2O3. The largest absolute Gasteiger partial charge is 0.491 e. The summed E-state index contributed by atoms with van der Waals surface area (Å²) in [5.74, 6) is 0. The fraction of sp³-hybridized carbons (Fsp3) is 0.647. The lowest BCUT2D eigenvalue weighted by Gasteiger charge is -2.38. The molecule has 0 atom stereocenters. The lowest BCUT2D eigenvalue weighted by Crippen LogP contribution is -2.53. The molecule has 0 spiro atoms. The molecule has 1 aromatic rings. The summed E-state index contributed by atoms with van der Waals surface area (Å²) in [6, 6.07) is 7.81. The highest BCUT2D eigenvalue weighted by Crippen LogP contribution is 2.25. The molecule has 6 heteroatoms. The summed E-state index contributed by atoms with van der Waals surface area (Å²) in [7, 11) is 1.08. The second-order valence-corrected chi connectivity index (χ2v) is 7.42. The molecule has 0 saturated carbocycles. The van der Waals surface area contributed by atoms with Gasteiger partial charge in [0.15, 0.2) is 0 Å². The molecule has 0 amide bonds. The first-order valence-electron chi connectivity index (χ1n) is 8.22. The van der Waals surface area contributed by atoms with Crippen molar-refractivity contribution in [3.8, 4) is 0 Å². The maximum Gasteiger partial charge on any atom is 0.491 e. The van der Waals surface area contributed by atoms with Gasteiger partial charge in [-0.1, -0.05) is 12.1 Å². The van der Waals surface area contributed by atoms with Crippen molar-refractivity contribution >= 4 is 18.3 Å². The van der Waals surface area contributed by atoms with Crippen molar-refractivity contribution in [1.82, 2.24) is 4.90 Å². The third-order valence-corrected chi connectivity index (χ3v) is 4.93. The van der Waals surface area contributed by atoms with Gasteiger partial charge in [0.1, 0.15) is 0 Å².